The predicted molar refractivity (Wildman–Crippen MR) is 83.4 cm³/mol. The molecular formula is C18H19NO2. The summed E-state index contributed by atoms with van der Waals surface area (Å²) in [5.41, 5.74) is 3.47. The van der Waals surface area contributed by atoms with Crippen LogP contribution in [0.25, 0.3) is 0 Å². The Kier molecular flexibility index (Phi) is 4.88. The minimum Gasteiger partial charge on any atom is -0.348 e. The monoisotopic (exact) mass is 281 g/mol. The minimum absolute atomic E-state index is 0.0938. The lowest BCUT2D eigenvalue weighted by Gasteiger charge is -2.06. The number of carbonyl (C=O) groups is 2. The second kappa shape index (κ2) is 6.84. The van der Waals surface area contributed by atoms with Crippen molar-refractivity contribution in [3.63, 3.8) is 0 Å². The van der Waals surface area contributed by atoms with Crippen LogP contribution < -0.4 is 5.32 Å². The van der Waals surface area contributed by atoms with Gasteiger partial charge in [0, 0.05) is 24.1 Å². The van der Waals surface area contributed by atoms with Crippen LogP contribution in [-0.4, -0.2) is 11.7 Å². The number of hydrogen-bond acceptors (Lipinski definition) is 2. The van der Waals surface area contributed by atoms with Gasteiger partial charge in [-0.15, -0.1) is 0 Å². The molecule has 2 aromatic rings. The molecule has 0 radical (unpaired) electrons. The lowest BCUT2D eigenvalue weighted by molar-refractivity contribution is 0.0949. The van der Waals surface area contributed by atoms with Crippen molar-refractivity contribution in [2.45, 2.75) is 26.8 Å². The van der Waals surface area contributed by atoms with Crippen LogP contribution in [0.3, 0.4) is 0 Å². The average Bonchev–Trinajstić information content (AvgIpc) is 2.53. The van der Waals surface area contributed by atoms with Crippen molar-refractivity contribution in [2.24, 2.45) is 0 Å². The van der Waals surface area contributed by atoms with Gasteiger partial charge < -0.3 is 5.32 Å². The highest BCUT2D eigenvalue weighted by Crippen LogP contribution is 2.08. The van der Waals surface area contributed by atoms with Gasteiger partial charge >= 0.3 is 0 Å². The van der Waals surface area contributed by atoms with E-state index in [0.717, 1.165) is 11.1 Å². The van der Waals surface area contributed by atoms with Crippen LogP contribution in [0.1, 0.15) is 45.2 Å². The van der Waals surface area contributed by atoms with E-state index in [1.54, 1.807) is 12.1 Å². The second-order valence-corrected chi connectivity index (χ2v) is 5.02. The second-order valence-electron chi connectivity index (χ2n) is 5.02. The lowest BCUT2D eigenvalue weighted by Crippen LogP contribution is -2.22. The van der Waals surface area contributed by atoms with Crippen molar-refractivity contribution >= 4 is 11.7 Å². The topological polar surface area (TPSA) is 46.2 Å². The van der Waals surface area contributed by atoms with Crippen LogP contribution in [0.15, 0.2) is 48.5 Å². The molecule has 0 spiro atoms. The predicted octanol–water partition coefficient (Wildman–Crippen LogP) is 3.52. The maximum atomic E-state index is 12.0. The molecule has 0 fully saturated rings. The Morgan fingerprint density at radius 2 is 1.48 bits per heavy atom. The number of rotatable bonds is 5. The molecule has 0 saturated carbocycles. The first-order valence-corrected chi connectivity index (χ1v) is 7.07. The van der Waals surface area contributed by atoms with Crippen molar-refractivity contribution in [3.8, 4) is 0 Å². The number of benzene rings is 2. The molecule has 0 bridgehead atoms. The highest BCUT2D eigenvalue weighted by molar-refractivity contribution is 5.96. The zero-order valence-electron chi connectivity index (χ0n) is 12.3. The Hall–Kier alpha value is -2.42. The third-order valence-electron chi connectivity index (χ3n) is 3.36. The normalized spacial score (nSPS) is 10.2. The Balaban J connectivity index is 1.95. The fraction of sp³-hybridized carbons (Fsp3) is 0.222. The third-order valence-corrected chi connectivity index (χ3v) is 3.36. The molecule has 0 aliphatic rings. The Morgan fingerprint density at radius 3 is 2.05 bits per heavy atom. The summed E-state index contributed by atoms with van der Waals surface area (Å²) < 4.78 is 0. The van der Waals surface area contributed by atoms with Gasteiger partial charge in [0.15, 0.2) is 5.78 Å². The molecule has 2 rings (SSSR count). The Morgan fingerprint density at radius 1 is 0.905 bits per heavy atom. The SMILES string of the molecule is CCC(=O)c1ccc(CNC(=O)c2ccc(C)cc2)cc1. The zero-order valence-corrected chi connectivity index (χ0v) is 12.3. The fourth-order valence-corrected chi connectivity index (χ4v) is 2.00. The largest absolute Gasteiger partial charge is 0.348 e. The van der Waals surface area contributed by atoms with E-state index >= 15 is 0 Å². The lowest BCUT2D eigenvalue weighted by atomic mass is 10.1. The number of carbonyl (C=O) groups excluding carboxylic acids is 2. The molecule has 0 atom stereocenters. The van der Waals surface area contributed by atoms with Crippen LogP contribution in [-0.2, 0) is 6.54 Å². The van der Waals surface area contributed by atoms with Crippen molar-refractivity contribution in [1.82, 2.24) is 5.32 Å². The van der Waals surface area contributed by atoms with Crippen LogP contribution in [0.2, 0.25) is 0 Å². The molecule has 1 amide bonds. The van der Waals surface area contributed by atoms with Gasteiger partial charge in [0.2, 0.25) is 0 Å². The first-order valence-electron chi connectivity index (χ1n) is 7.07. The Labute approximate surface area is 125 Å². The highest BCUT2D eigenvalue weighted by atomic mass is 16.1. The molecule has 0 aromatic heterocycles. The van der Waals surface area contributed by atoms with Gasteiger partial charge in [-0.05, 0) is 24.6 Å². The highest BCUT2D eigenvalue weighted by Gasteiger charge is 2.06. The van der Waals surface area contributed by atoms with E-state index < -0.39 is 0 Å². The van der Waals surface area contributed by atoms with E-state index in [4.69, 9.17) is 0 Å². The Bertz CT molecular complexity index is 627. The molecule has 108 valence electrons. The molecule has 0 unspecified atom stereocenters. The van der Waals surface area contributed by atoms with Gasteiger partial charge in [0.25, 0.3) is 5.91 Å². The van der Waals surface area contributed by atoms with Gasteiger partial charge in [-0.2, -0.15) is 0 Å². The molecular weight excluding hydrogens is 262 g/mol. The fourth-order valence-electron chi connectivity index (χ4n) is 2.00. The van der Waals surface area contributed by atoms with Crippen molar-refractivity contribution in [2.75, 3.05) is 0 Å². The number of amides is 1. The van der Waals surface area contributed by atoms with Gasteiger partial charge in [-0.1, -0.05) is 48.9 Å². The van der Waals surface area contributed by atoms with Crippen molar-refractivity contribution in [1.29, 1.82) is 0 Å². The minimum atomic E-state index is -0.0938. The summed E-state index contributed by atoms with van der Waals surface area (Å²) in [6, 6.07) is 14.8. The smallest absolute Gasteiger partial charge is 0.251 e. The number of hydrogen-bond donors (Lipinski definition) is 1. The van der Waals surface area contributed by atoms with Crippen LogP contribution >= 0.6 is 0 Å². The first kappa shape index (κ1) is 15.0. The quantitative estimate of drug-likeness (QED) is 0.852. The molecule has 1 N–H and O–H groups in total. The van der Waals surface area contributed by atoms with Gasteiger partial charge in [-0.25, -0.2) is 0 Å². The maximum Gasteiger partial charge on any atom is 0.251 e. The summed E-state index contributed by atoms with van der Waals surface area (Å²) >= 11 is 0. The van der Waals surface area contributed by atoms with E-state index in [1.807, 2.05) is 50.2 Å². The summed E-state index contributed by atoms with van der Waals surface area (Å²) in [6.07, 6.45) is 0.503. The van der Waals surface area contributed by atoms with Crippen LogP contribution in [0, 0.1) is 6.92 Å². The number of aryl methyl sites for hydroxylation is 1. The van der Waals surface area contributed by atoms with Crippen LogP contribution in [0.5, 0.6) is 0 Å². The summed E-state index contributed by atoms with van der Waals surface area (Å²) in [7, 11) is 0. The number of ketones is 1. The number of nitrogens with one attached hydrogen (secondary N) is 1. The molecule has 2 aromatic carbocycles. The van der Waals surface area contributed by atoms with E-state index in [0.29, 0.717) is 24.1 Å². The standard InChI is InChI=1S/C18H19NO2/c1-3-17(20)15-10-6-14(7-11-15)12-19-18(21)16-8-4-13(2)5-9-16/h4-11H,3,12H2,1-2H3,(H,19,21). The van der Waals surface area contributed by atoms with Gasteiger partial charge in [0.1, 0.15) is 0 Å². The summed E-state index contributed by atoms with van der Waals surface area (Å²) in [5, 5.41) is 2.87. The molecule has 0 saturated heterocycles. The van der Waals surface area contributed by atoms with Crippen LogP contribution in [0.4, 0.5) is 0 Å². The molecule has 3 heteroatoms. The average molecular weight is 281 g/mol. The molecule has 3 nitrogen and oxygen atoms in total. The van der Waals surface area contributed by atoms with E-state index in [-0.39, 0.29) is 11.7 Å². The van der Waals surface area contributed by atoms with E-state index in [9.17, 15) is 9.59 Å². The third kappa shape index (κ3) is 4.02. The summed E-state index contributed by atoms with van der Waals surface area (Å²) in [4.78, 5) is 23.5. The van der Waals surface area contributed by atoms with E-state index in [2.05, 4.69) is 5.32 Å². The van der Waals surface area contributed by atoms with Crippen molar-refractivity contribution in [3.05, 3.63) is 70.8 Å². The summed E-state index contributed by atoms with van der Waals surface area (Å²) in [6.45, 7) is 4.28. The first-order chi connectivity index (χ1) is 10.1. The number of Topliss-reactive ketones (excluding diaryl/α,β-unsaturated/α-hetero) is 1. The zero-order chi connectivity index (χ0) is 15.2. The van der Waals surface area contributed by atoms with Crippen molar-refractivity contribution < 1.29 is 9.59 Å². The molecule has 21 heavy (non-hydrogen) atoms. The van der Waals surface area contributed by atoms with Gasteiger partial charge in [0.05, 0.1) is 0 Å². The molecule has 0 heterocycles. The molecule has 0 aliphatic carbocycles. The summed E-state index contributed by atoms with van der Waals surface area (Å²) in [5.74, 6) is 0.0361. The van der Waals surface area contributed by atoms with Gasteiger partial charge in [-0.3, -0.25) is 9.59 Å². The molecule has 0 aliphatic heterocycles. The maximum absolute atomic E-state index is 12.0. The van der Waals surface area contributed by atoms with E-state index in [1.165, 1.54) is 0 Å².